The molecule has 132 valence electrons. The Kier molecular flexibility index (Phi) is 5.19. The zero-order chi connectivity index (χ0) is 18.3. The van der Waals surface area contributed by atoms with Crippen molar-refractivity contribution in [2.24, 2.45) is 5.73 Å². The van der Waals surface area contributed by atoms with Crippen LogP contribution in [0.2, 0.25) is 10.0 Å². The Bertz CT molecular complexity index is 656. The van der Waals surface area contributed by atoms with E-state index in [2.05, 4.69) is 5.32 Å². The second kappa shape index (κ2) is 6.54. The van der Waals surface area contributed by atoms with Crippen molar-refractivity contribution in [2.75, 3.05) is 5.32 Å². The van der Waals surface area contributed by atoms with Crippen LogP contribution in [0.4, 0.5) is 5.69 Å². The number of benzene rings is 1. The van der Waals surface area contributed by atoms with Gasteiger partial charge in [0.05, 0.1) is 10.7 Å². The summed E-state index contributed by atoms with van der Waals surface area (Å²) >= 11 is 11.9. The van der Waals surface area contributed by atoms with E-state index in [1.54, 1.807) is 17.0 Å². The highest BCUT2D eigenvalue weighted by atomic mass is 35.5. The molecule has 2 rings (SSSR count). The first-order chi connectivity index (χ1) is 10.9. The molecular weight excluding hydrogens is 349 g/mol. The van der Waals surface area contributed by atoms with Gasteiger partial charge < -0.3 is 16.0 Å². The molecule has 0 aromatic heterocycles. The molecule has 0 saturated carbocycles. The summed E-state index contributed by atoms with van der Waals surface area (Å²) < 4.78 is 0. The van der Waals surface area contributed by atoms with Crippen molar-refractivity contribution in [2.45, 2.75) is 57.7 Å². The molecule has 3 N–H and O–H groups in total. The van der Waals surface area contributed by atoms with Crippen molar-refractivity contribution in [3.05, 3.63) is 28.2 Å². The van der Waals surface area contributed by atoms with Crippen LogP contribution in [0.3, 0.4) is 0 Å². The summed E-state index contributed by atoms with van der Waals surface area (Å²) in [6.07, 6.45) is 1.27. The van der Waals surface area contributed by atoms with Gasteiger partial charge in [-0.25, -0.2) is 0 Å². The summed E-state index contributed by atoms with van der Waals surface area (Å²) in [5.41, 5.74) is 5.44. The molecule has 0 radical (unpaired) electrons. The highest BCUT2D eigenvalue weighted by molar-refractivity contribution is 6.42. The molecule has 1 aromatic carbocycles. The number of hydrogen-bond donors (Lipinski definition) is 2. The standard InChI is InChI=1S/C17H23Cl2N3O2/c1-16(2)8-11(20)9-17(3,4)22(16)15(24)14(23)21-13-6-5-10(18)7-12(13)19/h5-7,11H,8-9,20H2,1-4H3,(H,21,23). The van der Waals surface area contributed by atoms with Crippen LogP contribution < -0.4 is 11.1 Å². The lowest BCUT2D eigenvalue weighted by molar-refractivity contribution is -0.156. The molecule has 0 unspecified atom stereocenters. The largest absolute Gasteiger partial charge is 0.328 e. The van der Waals surface area contributed by atoms with E-state index in [1.165, 1.54) is 6.07 Å². The number of carbonyl (C=O) groups is 2. The van der Waals surface area contributed by atoms with Crippen LogP contribution in [0.1, 0.15) is 40.5 Å². The number of piperidine rings is 1. The molecule has 0 aliphatic carbocycles. The minimum Gasteiger partial charge on any atom is -0.328 e. The maximum absolute atomic E-state index is 12.8. The van der Waals surface area contributed by atoms with Gasteiger partial charge in [0.25, 0.3) is 0 Å². The Morgan fingerprint density at radius 3 is 2.21 bits per heavy atom. The number of anilines is 1. The first-order valence-electron chi connectivity index (χ1n) is 7.80. The van der Waals surface area contributed by atoms with E-state index in [0.717, 1.165) is 0 Å². The predicted molar refractivity (Wildman–Crippen MR) is 97.3 cm³/mol. The molecule has 5 nitrogen and oxygen atoms in total. The van der Waals surface area contributed by atoms with Gasteiger partial charge in [0.2, 0.25) is 0 Å². The van der Waals surface area contributed by atoms with Gasteiger partial charge in [-0.15, -0.1) is 0 Å². The molecule has 7 heteroatoms. The molecule has 24 heavy (non-hydrogen) atoms. The number of rotatable bonds is 1. The maximum Gasteiger partial charge on any atom is 0.313 e. The third kappa shape index (κ3) is 3.85. The SMILES string of the molecule is CC1(C)CC(N)CC(C)(C)N1C(=O)C(=O)Nc1ccc(Cl)cc1Cl. The minimum absolute atomic E-state index is 0.00665. The Morgan fingerprint density at radius 2 is 1.71 bits per heavy atom. The smallest absolute Gasteiger partial charge is 0.313 e. The number of nitrogens with zero attached hydrogens (tertiary/aromatic N) is 1. The van der Waals surface area contributed by atoms with Crippen molar-refractivity contribution in [1.29, 1.82) is 0 Å². The van der Waals surface area contributed by atoms with Crippen LogP contribution >= 0.6 is 23.2 Å². The Labute approximate surface area is 152 Å². The van der Waals surface area contributed by atoms with Crippen molar-refractivity contribution in [1.82, 2.24) is 4.90 Å². The van der Waals surface area contributed by atoms with Gasteiger partial charge in [-0.05, 0) is 58.7 Å². The molecule has 0 atom stereocenters. The molecule has 1 fully saturated rings. The first-order valence-corrected chi connectivity index (χ1v) is 8.56. The second-order valence-corrected chi connectivity index (χ2v) is 8.36. The van der Waals surface area contributed by atoms with Crippen LogP contribution in [0, 0.1) is 0 Å². The monoisotopic (exact) mass is 371 g/mol. The van der Waals surface area contributed by atoms with Gasteiger partial charge in [-0.3, -0.25) is 9.59 Å². The van der Waals surface area contributed by atoms with Crippen molar-refractivity contribution < 1.29 is 9.59 Å². The van der Waals surface area contributed by atoms with Gasteiger partial charge in [-0.1, -0.05) is 23.2 Å². The van der Waals surface area contributed by atoms with Crippen LogP contribution in [-0.2, 0) is 9.59 Å². The average molecular weight is 372 g/mol. The van der Waals surface area contributed by atoms with Gasteiger partial charge in [0.1, 0.15) is 0 Å². The van der Waals surface area contributed by atoms with Crippen LogP contribution in [-0.4, -0.2) is 33.8 Å². The van der Waals surface area contributed by atoms with Gasteiger partial charge >= 0.3 is 11.8 Å². The fourth-order valence-corrected chi connectivity index (χ4v) is 4.23. The molecular formula is C17H23Cl2N3O2. The van der Waals surface area contributed by atoms with E-state index in [-0.39, 0.29) is 11.1 Å². The lowest BCUT2D eigenvalue weighted by Crippen LogP contribution is -2.66. The Balaban J connectivity index is 2.24. The zero-order valence-electron chi connectivity index (χ0n) is 14.3. The summed E-state index contributed by atoms with van der Waals surface area (Å²) in [4.78, 5) is 26.9. The van der Waals surface area contributed by atoms with E-state index in [4.69, 9.17) is 28.9 Å². The van der Waals surface area contributed by atoms with Crippen molar-refractivity contribution >= 4 is 40.7 Å². The Hall–Kier alpha value is -1.30. The summed E-state index contributed by atoms with van der Waals surface area (Å²) in [5, 5.41) is 3.30. The molecule has 0 bridgehead atoms. The number of nitrogens with two attached hydrogens (primary N) is 1. The third-order valence-corrected chi connectivity index (χ3v) is 4.86. The number of likely N-dealkylation sites (tertiary alicyclic amines) is 1. The Morgan fingerprint density at radius 1 is 1.17 bits per heavy atom. The molecule has 1 saturated heterocycles. The highest BCUT2D eigenvalue weighted by Crippen LogP contribution is 2.38. The summed E-state index contributed by atoms with van der Waals surface area (Å²) in [5.74, 6) is -1.32. The summed E-state index contributed by atoms with van der Waals surface area (Å²) in [6.45, 7) is 7.70. The van der Waals surface area contributed by atoms with Crippen LogP contribution in [0.15, 0.2) is 18.2 Å². The molecule has 1 heterocycles. The lowest BCUT2D eigenvalue weighted by atomic mass is 9.77. The van der Waals surface area contributed by atoms with Gasteiger partial charge in [0, 0.05) is 22.1 Å². The quantitative estimate of drug-likeness (QED) is 0.742. The highest BCUT2D eigenvalue weighted by Gasteiger charge is 2.48. The minimum atomic E-state index is -0.726. The average Bonchev–Trinajstić information content (AvgIpc) is 2.38. The first kappa shape index (κ1) is 19.0. The zero-order valence-corrected chi connectivity index (χ0v) is 15.8. The lowest BCUT2D eigenvalue weighted by Gasteiger charge is -2.54. The summed E-state index contributed by atoms with van der Waals surface area (Å²) in [6, 6.07) is 4.67. The fraction of sp³-hybridized carbons (Fsp3) is 0.529. The predicted octanol–water partition coefficient (Wildman–Crippen LogP) is 3.44. The maximum atomic E-state index is 12.8. The fourth-order valence-electron chi connectivity index (χ4n) is 3.78. The van der Waals surface area contributed by atoms with Gasteiger partial charge in [0.15, 0.2) is 0 Å². The van der Waals surface area contributed by atoms with Crippen molar-refractivity contribution in [3.63, 3.8) is 0 Å². The second-order valence-electron chi connectivity index (χ2n) is 7.51. The van der Waals surface area contributed by atoms with Crippen molar-refractivity contribution in [3.8, 4) is 0 Å². The van der Waals surface area contributed by atoms with E-state index in [9.17, 15) is 9.59 Å². The van der Waals surface area contributed by atoms with E-state index in [0.29, 0.717) is 23.6 Å². The number of amides is 2. The molecule has 2 amide bonds. The number of halogens is 2. The molecule has 0 spiro atoms. The number of hydrogen-bond acceptors (Lipinski definition) is 3. The van der Waals surface area contributed by atoms with E-state index < -0.39 is 22.9 Å². The third-order valence-electron chi connectivity index (χ3n) is 4.31. The molecule has 1 aliphatic rings. The normalized spacial score (nSPS) is 19.9. The number of nitrogens with one attached hydrogen (secondary N) is 1. The summed E-state index contributed by atoms with van der Waals surface area (Å²) in [7, 11) is 0. The molecule has 1 aromatic rings. The topological polar surface area (TPSA) is 75.4 Å². The molecule has 1 aliphatic heterocycles. The van der Waals surface area contributed by atoms with E-state index >= 15 is 0 Å². The van der Waals surface area contributed by atoms with Crippen LogP contribution in [0.5, 0.6) is 0 Å². The van der Waals surface area contributed by atoms with Gasteiger partial charge in [-0.2, -0.15) is 0 Å². The number of carbonyl (C=O) groups excluding carboxylic acids is 2. The van der Waals surface area contributed by atoms with Crippen LogP contribution in [0.25, 0.3) is 0 Å². The van der Waals surface area contributed by atoms with E-state index in [1.807, 2.05) is 27.7 Å².